The van der Waals surface area contributed by atoms with Crippen molar-refractivity contribution in [3.05, 3.63) is 21.0 Å². The van der Waals surface area contributed by atoms with Crippen molar-refractivity contribution in [3.63, 3.8) is 0 Å². The maximum Gasteiger partial charge on any atom is 0.343 e. The van der Waals surface area contributed by atoms with E-state index in [4.69, 9.17) is 4.74 Å². The summed E-state index contributed by atoms with van der Waals surface area (Å²) in [6.07, 6.45) is 0. The molecule has 0 aliphatic heterocycles. The van der Waals surface area contributed by atoms with Gasteiger partial charge in [-0.15, -0.1) is 10.2 Å². The van der Waals surface area contributed by atoms with Gasteiger partial charge in [0.25, 0.3) is 0 Å². The van der Waals surface area contributed by atoms with Crippen LogP contribution in [0, 0.1) is 0 Å². The van der Waals surface area contributed by atoms with Gasteiger partial charge in [0.2, 0.25) is 0 Å². The molecule has 0 fully saturated rings. The summed E-state index contributed by atoms with van der Waals surface area (Å²) in [7, 11) is 0. The zero-order valence-corrected chi connectivity index (χ0v) is 6.12. The molecular formula is C4H4N6O3. The van der Waals surface area contributed by atoms with Crippen LogP contribution in [0.15, 0.2) is 9.59 Å². The van der Waals surface area contributed by atoms with Crippen LogP contribution in [0.25, 0.3) is 0 Å². The van der Waals surface area contributed by atoms with Gasteiger partial charge in [0.15, 0.2) is 0 Å². The van der Waals surface area contributed by atoms with Gasteiger partial charge in [-0.2, -0.15) is 0 Å². The molecule has 13 heavy (non-hydrogen) atoms. The molecule has 0 saturated carbocycles. The second-order valence-electron chi connectivity index (χ2n) is 2.07. The highest BCUT2D eigenvalue weighted by molar-refractivity contribution is 4.98. The van der Waals surface area contributed by atoms with E-state index in [9.17, 15) is 9.59 Å². The Morgan fingerprint density at radius 2 is 1.38 bits per heavy atom. The molecule has 0 atom stereocenters. The number of hydrogen-bond donors (Lipinski definition) is 4. The Bertz CT molecular complexity index is 456. The Balaban J connectivity index is 2.23. The highest BCUT2D eigenvalue weighted by Gasteiger charge is 2.03. The second-order valence-corrected chi connectivity index (χ2v) is 2.07. The Labute approximate surface area is 69.2 Å². The monoisotopic (exact) mass is 184 g/mol. The zero-order valence-electron chi connectivity index (χ0n) is 6.12. The van der Waals surface area contributed by atoms with Crippen LogP contribution in [0.5, 0.6) is 12.0 Å². The standard InChI is InChI=1S/C4H4N6O3/c11-1-5-3(9-7-1)13-4-6-2(12)8-10-4/h(H2,5,7,9,11)(H2,6,8,10,12). The summed E-state index contributed by atoms with van der Waals surface area (Å²) in [5, 5.41) is 11.0. The molecule has 0 radical (unpaired) electrons. The molecule has 0 aliphatic rings. The van der Waals surface area contributed by atoms with E-state index < -0.39 is 11.4 Å². The molecule has 9 nitrogen and oxygen atoms in total. The van der Waals surface area contributed by atoms with Crippen molar-refractivity contribution in [2.45, 2.75) is 0 Å². The fraction of sp³-hybridized carbons (Fsp3) is 0. The summed E-state index contributed by atoms with van der Waals surface area (Å²) in [5.74, 6) is 0. The molecule has 2 rings (SSSR count). The summed E-state index contributed by atoms with van der Waals surface area (Å²) < 4.78 is 4.82. The summed E-state index contributed by atoms with van der Waals surface area (Å²) in [6, 6.07) is -0.152. The maximum atomic E-state index is 10.5. The van der Waals surface area contributed by atoms with Gasteiger partial charge in [-0.3, -0.25) is 9.97 Å². The van der Waals surface area contributed by atoms with Gasteiger partial charge in [-0.25, -0.2) is 19.8 Å². The van der Waals surface area contributed by atoms with Crippen LogP contribution in [0.2, 0.25) is 0 Å². The third-order valence-corrected chi connectivity index (χ3v) is 1.15. The van der Waals surface area contributed by atoms with Gasteiger partial charge >= 0.3 is 23.4 Å². The summed E-state index contributed by atoms with van der Waals surface area (Å²) in [6.45, 7) is 0. The van der Waals surface area contributed by atoms with Crippen LogP contribution in [-0.4, -0.2) is 30.4 Å². The van der Waals surface area contributed by atoms with Crippen LogP contribution in [0.3, 0.4) is 0 Å². The van der Waals surface area contributed by atoms with Crippen molar-refractivity contribution in [3.8, 4) is 12.0 Å². The van der Waals surface area contributed by atoms with Gasteiger partial charge < -0.3 is 4.74 Å². The average Bonchev–Trinajstić information content (AvgIpc) is 2.62. The number of rotatable bonds is 2. The lowest BCUT2D eigenvalue weighted by Crippen LogP contribution is -2.01. The molecule has 2 aromatic heterocycles. The van der Waals surface area contributed by atoms with Crippen LogP contribution in [0.1, 0.15) is 0 Å². The van der Waals surface area contributed by atoms with Gasteiger partial charge in [0.05, 0.1) is 0 Å². The minimum absolute atomic E-state index is 0.0762. The number of nitrogens with zero attached hydrogens (tertiary/aromatic N) is 2. The van der Waals surface area contributed by atoms with Crippen LogP contribution in [-0.2, 0) is 0 Å². The van der Waals surface area contributed by atoms with Gasteiger partial charge in [-0.05, 0) is 0 Å². The van der Waals surface area contributed by atoms with E-state index in [2.05, 4.69) is 30.4 Å². The number of aromatic nitrogens is 6. The van der Waals surface area contributed by atoms with E-state index in [1.165, 1.54) is 0 Å². The first-order chi connectivity index (χ1) is 6.24. The quantitative estimate of drug-likeness (QED) is 0.441. The molecule has 0 aliphatic carbocycles. The number of nitrogens with one attached hydrogen (secondary N) is 4. The summed E-state index contributed by atoms with van der Waals surface area (Å²) in [4.78, 5) is 25.5. The fourth-order valence-corrected chi connectivity index (χ4v) is 0.697. The summed E-state index contributed by atoms with van der Waals surface area (Å²) in [5.41, 5.74) is -1.01. The van der Waals surface area contributed by atoms with E-state index >= 15 is 0 Å². The lowest BCUT2D eigenvalue weighted by atomic mass is 11.1. The van der Waals surface area contributed by atoms with Crippen molar-refractivity contribution in [2.24, 2.45) is 0 Å². The first-order valence-electron chi connectivity index (χ1n) is 3.21. The number of H-pyrrole nitrogens is 4. The molecule has 2 heterocycles. The number of aromatic amines is 4. The third-order valence-electron chi connectivity index (χ3n) is 1.15. The molecule has 0 unspecified atom stereocenters. The summed E-state index contributed by atoms with van der Waals surface area (Å²) >= 11 is 0. The molecule has 0 aromatic carbocycles. The molecule has 0 spiro atoms. The third kappa shape index (κ3) is 1.47. The molecular weight excluding hydrogens is 180 g/mol. The minimum Gasteiger partial charge on any atom is -0.389 e. The van der Waals surface area contributed by atoms with Gasteiger partial charge in [-0.1, -0.05) is 0 Å². The molecule has 4 N–H and O–H groups in total. The first-order valence-corrected chi connectivity index (χ1v) is 3.21. The van der Waals surface area contributed by atoms with Crippen molar-refractivity contribution < 1.29 is 4.74 Å². The van der Waals surface area contributed by atoms with E-state index in [0.717, 1.165) is 0 Å². The zero-order chi connectivity index (χ0) is 9.26. The predicted molar refractivity (Wildman–Crippen MR) is 38.5 cm³/mol. The SMILES string of the molecule is O=c1[nH]nc(Oc2n[nH]c(=O)[nH]2)[nH]1. The van der Waals surface area contributed by atoms with E-state index in [1.54, 1.807) is 0 Å². The van der Waals surface area contributed by atoms with E-state index in [-0.39, 0.29) is 12.0 Å². The van der Waals surface area contributed by atoms with E-state index in [1.807, 2.05) is 0 Å². The van der Waals surface area contributed by atoms with Gasteiger partial charge in [0, 0.05) is 0 Å². The Hall–Kier alpha value is -2.32. The Kier molecular flexibility index (Phi) is 1.48. The van der Waals surface area contributed by atoms with Gasteiger partial charge in [0.1, 0.15) is 0 Å². The smallest absolute Gasteiger partial charge is 0.343 e. The topological polar surface area (TPSA) is 132 Å². The van der Waals surface area contributed by atoms with Crippen molar-refractivity contribution in [1.82, 2.24) is 30.4 Å². The lowest BCUT2D eigenvalue weighted by molar-refractivity contribution is 0.410. The number of hydrogen-bond acceptors (Lipinski definition) is 5. The molecule has 68 valence electrons. The average molecular weight is 184 g/mol. The fourth-order valence-electron chi connectivity index (χ4n) is 0.697. The van der Waals surface area contributed by atoms with Crippen LogP contribution < -0.4 is 16.1 Å². The largest absolute Gasteiger partial charge is 0.389 e. The lowest BCUT2D eigenvalue weighted by Gasteiger charge is -1.91. The maximum absolute atomic E-state index is 10.5. The van der Waals surface area contributed by atoms with Crippen molar-refractivity contribution >= 4 is 0 Å². The molecule has 0 saturated heterocycles. The van der Waals surface area contributed by atoms with Crippen molar-refractivity contribution in [2.75, 3.05) is 0 Å². The molecule has 0 amide bonds. The predicted octanol–water partition coefficient (Wildman–Crippen LogP) is -1.70. The number of ether oxygens (including phenoxy) is 1. The second kappa shape index (κ2) is 2.62. The Morgan fingerprint density at radius 1 is 0.923 bits per heavy atom. The van der Waals surface area contributed by atoms with Crippen LogP contribution >= 0.6 is 0 Å². The minimum atomic E-state index is -0.507. The van der Waals surface area contributed by atoms with Crippen molar-refractivity contribution in [1.29, 1.82) is 0 Å². The first kappa shape index (κ1) is 7.34. The van der Waals surface area contributed by atoms with Crippen LogP contribution in [0.4, 0.5) is 0 Å². The normalized spacial score (nSPS) is 10.2. The molecule has 0 bridgehead atoms. The molecule has 2 aromatic rings. The highest BCUT2D eigenvalue weighted by Crippen LogP contribution is 2.04. The highest BCUT2D eigenvalue weighted by atomic mass is 16.5. The van der Waals surface area contributed by atoms with E-state index in [0.29, 0.717) is 0 Å². The Morgan fingerprint density at radius 3 is 1.69 bits per heavy atom. The molecule has 9 heteroatoms.